The average molecular weight is 182 g/mol. The predicted octanol–water partition coefficient (Wildman–Crippen LogP) is 1.88. The molecule has 0 saturated heterocycles. The predicted molar refractivity (Wildman–Crippen MR) is 51.3 cm³/mol. The molecule has 1 aromatic heterocycles. The van der Waals surface area contributed by atoms with Crippen molar-refractivity contribution in [1.29, 1.82) is 0 Å². The summed E-state index contributed by atoms with van der Waals surface area (Å²) in [6, 6.07) is 1.78. The van der Waals surface area contributed by atoms with Crippen molar-refractivity contribution in [3.05, 3.63) is 12.3 Å². The van der Waals surface area contributed by atoms with Crippen LogP contribution in [0.5, 0.6) is 11.5 Å². The summed E-state index contributed by atoms with van der Waals surface area (Å²) in [6.45, 7) is 4.29. The highest BCUT2D eigenvalue weighted by Gasteiger charge is 2.16. The second-order valence-corrected chi connectivity index (χ2v) is 2.14. The second kappa shape index (κ2) is 4.54. The molecule has 4 nitrogen and oxygen atoms in total. The van der Waals surface area contributed by atoms with Crippen LogP contribution in [0.2, 0.25) is 0 Å². The number of hydrogen-bond donors (Lipinski definition) is 1. The molecule has 4 heteroatoms. The number of fused-ring (bicyclic) bond motifs is 1. The molecule has 2 rings (SSSR count). The molecule has 0 atom stereocenters. The van der Waals surface area contributed by atoms with Crippen molar-refractivity contribution in [1.82, 2.24) is 4.98 Å². The minimum Gasteiger partial charge on any atom is -0.453 e. The van der Waals surface area contributed by atoms with Crippen molar-refractivity contribution in [3.63, 3.8) is 0 Å². The van der Waals surface area contributed by atoms with Gasteiger partial charge >= 0.3 is 0 Å². The summed E-state index contributed by atoms with van der Waals surface area (Å²) in [5.74, 6) is 2.18. The van der Waals surface area contributed by atoms with Gasteiger partial charge in [0.05, 0.1) is 0 Å². The zero-order valence-electron chi connectivity index (χ0n) is 8.13. The van der Waals surface area contributed by atoms with E-state index in [9.17, 15) is 0 Å². The molecule has 1 aliphatic rings. The number of pyridine rings is 1. The zero-order chi connectivity index (χ0) is 9.68. The molecule has 2 heterocycles. The monoisotopic (exact) mass is 182 g/mol. The number of nitrogens with zero attached hydrogens (tertiary/aromatic N) is 1. The van der Waals surface area contributed by atoms with E-state index in [0.29, 0.717) is 5.75 Å². The third-order valence-electron chi connectivity index (χ3n) is 1.52. The van der Waals surface area contributed by atoms with Crippen molar-refractivity contribution >= 4 is 5.82 Å². The molecule has 0 unspecified atom stereocenters. The molecule has 1 N–H and O–H groups in total. The molecule has 72 valence electrons. The van der Waals surface area contributed by atoms with Gasteiger partial charge in [0.1, 0.15) is 0 Å². The van der Waals surface area contributed by atoms with Crippen LogP contribution in [-0.4, -0.2) is 18.8 Å². The Morgan fingerprint density at radius 2 is 2.15 bits per heavy atom. The lowest BCUT2D eigenvalue weighted by molar-refractivity contribution is 0.174. The zero-order valence-corrected chi connectivity index (χ0v) is 8.13. The lowest BCUT2D eigenvalue weighted by Gasteiger charge is -2.01. The first kappa shape index (κ1) is 9.64. The fourth-order valence-corrected chi connectivity index (χ4v) is 1.01. The molecule has 13 heavy (non-hydrogen) atoms. The van der Waals surface area contributed by atoms with E-state index in [4.69, 9.17) is 9.47 Å². The molecule has 0 aromatic carbocycles. The topological polar surface area (TPSA) is 43.4 Å². The summed E-state index contributed by atoms with van der Waals surface area (Å²) in [7, 11) is 1.80. The largest absolute Gasteiger partial charge is 0.453 e. The second-order valence-electron chi connectivity index (χ2n) is 2.14. The van der Waals surface area contributed by atoms with Crippen LogP contribution < -0.4 is 14.8 Å². The van der Waals surface area contributed by atoms with Crippen molar-refractivity contribution in [2.24, 2.45) is 0 Å². The summed E-state index contributed by atoms with van der Waals surface area (Å²) in [5, 5.41) is 2.91. The molecule has 1 aliphatic heterocycles. The molecular formula is C9H14N2O2. The Morgan fingerprint density at radius 1 is 1.38 bits per heavy atom. The van der Waals surface area contributed by atoms with Gasteiger partial charge in [-0.2, -0.15) is 0 Å². The molecule has 0 bridgehead atoms. The van der Waals surface area contributed by atoms with Crippen LogP contribution in [0.3, 0.4) is 0 Å². The standard InChI is InChI=1S/C7H8N2O2.C2H6/c1-8-7-6-5(2-3-9-7)10-4-11-6;1-2/h2-3H,4H2,1H3,(H,8,9);1-2H3. The normalized spacial score (nSPS) is 11.6. The number of aromatic nitrogens is 1. The minimum atomic E-state index is 0.287. The number of ether oxygens (including phenoxy) is 2. The third kappa shape index (κ3) is 1.83. The molecule has 1 aromatic rings. The minimum absolute atomic E-state index is 0.287. The molecule has 0 aliphatic carbocycles. The van der Waals surface area contributed by atoms with Crippen LogP contribution in [0.25, 0.3) is 0 Å². The fraction of sp³-hybridized carbons (Fsp3) is 0.444. The Morgan fingerprint density at radius 3 is 2.85 bits per heavy atom. The van der Waals surface area contributed by atoms with Crippen molar-refractivity contribution in [2.45, 2.75) is 13.8 Å². The van der Waals surface area contributed by atoms with E-state index in [1.165, 1.54) is 0 Å². The number of hydrogen-bond acceptors (Lipinski definition) is 4. The van der Waals surface area contributed by atoms with E-state index in [2.05, 4.69) is 10.3 Å². The first-order valence-electron chi connectivity index (χ1n) is 4.34. The van der Waals surface area contributed by atoms with Gasteiger partial charge in [-0.1, -0.05) is 13.8 Å². The lowest BCUT2D eigenvalue weighted by atomic mass is 10.4. The smallest absolute Gasteiger partial charge is 0.231 e. The van der Waals surface area contributed by atoms with Gasteiger partial charge in [0.2, 0.25) is 12.5 Å². The van der Waals surface area contributed by atoms with Crippen molar-refractivity contribution in [3.8, 4) is 11.5 Å². The summed E-state index contributed by atoms with van der Waals surface area (Å²) in [5.41, 5.74) is 0. The highest BCUT2D eigenvalue weighted by molar-refractivity contribution is 5.58. The maximum Gasteiger partial charge on any atom is 0.231 e. The average Bonchev–Trinajstić information content (AvgIpc) is 2.68. The number of nitrogens with one attached hydrogen (secondary N) is 1. The lowest BCUT2D eigenvalue weighted by Crippen LogP contribution is -1.95. The number of rotatable bonds is 1. The maximum absolute atomic E-state index is 5.17. The van der Waals surface area contributed by atoms with Crippen molar-refractivity contribution in [2.75, 3.05) is 19.2 Å². The van der Waals surface area contributed by atoms with Gasteiger partial charge in [0.25, 0.3) is 0 Å². The highest BCUT2D eigenvalue weighted by Crippen LogP contribution is 2.36. The van der Waals surface area contributed by atoms with E-state index in [-0.39, 0.29) is 6.79 Å². The van der Waals surface area contributed by atoms with Crippen LogP contribution in [0.4, 0.5) is 5.82 Å². The maximum atomic E-state index is 5.17. The Kier molecular flexibility index (Phi) is 3.37. The fourth-order valence-electron chi connectivity index (χ4n) is 1.01. The van der Waals surface area contributed by atoms with Gasteiger partial charge in [-0.3, -0.25) is 0 Å². The van der Waals surface area contributed by atoms with E-state index >= 15 is 0 Å². The van der Waals surface area contributed by atoms with E-state index in [1.807, 2.05) is 13.8 Å². The molecule has 0 saturated carbocycles. The van der Waals surface area contributed by atoms with E-state index in [1.54, 1.807) is 19.3 Å². The van der Waals surface area contributed by atoms with Crippen LogP contribution in [-0.2, 0) is 0 Å². The van der Waals surface area contributed by atoms with Gasteiger partial charge in [-0.05, 0) is 0 Å². The highest BCUT2D eigenvalue weighted by atomic mass is 16.7. The third-order valence-corrected chi connectivity index (χ3v) is 1.52. The first-order chi connectivity index (χ1) is 6.42. The Hall–Kier alpha value is -1.45. The molecule has 0 radical (unpaired) electrons. The Bertz CT molecular complexity index is 276. The summed E-state index contributed by atoms with van der Waals surface area (Å²) in [6.07, 6.45) is 1.68. The molecule has 0 amide bonds. The Labute approximate surface area is 77.9 Å². The summed E-state index contributed by atoms with van der Waals surface area (Å²) < 4.78 is 10.3. The van der Waals surface area contributed by atoms with Crippen LogP contribution in [0.1, 0.15) is 13.8 Å². The van der Waals surface area contributed by atoms with Gasteiger partial charge in [0.15, 0.2) is 11.6 Å². The number of anilines is 1. The quantitative estimate of drug-likeness (QED) is 0.720. The van der Waals surface area contributed by atoms with E-state index in [0.717, 1.165) is 11.6 Å². The Balaban J connectivity index is 0.000000396. The van der Waals surface area contributed by atoms with Gasteiger partial charge in [0, 0.05) is 19.3 Å². The molecule has 0 spiro atoms. The molecule has 0 fully saturated rings. The van der Waals surface area contributed by atoms with Gasteiger partial charge in [-0.15, -0.1) is 0 Å². The SMILES string of the molecule is CC.CNc1nccc2c1OCO2. The first-order valence-corrected chi connectivity index (χ1v) is 4.34. The summed E-state index contributed by atoms with van der Waals surface area (Å²) >= 11 is 0. The molecular weight excluding hydrogens is 168 g/mol. The van der Waals surface area contributed by atoms with Gasteiger partial charge < -0.3 is 14.8 Å². The van der Waals surface area contributed by atoms with Crippen molar-refractivity contribution < 1.29 is 9.47 Å². The van der Waals surface area contributed by atoms with E-state index < -0.39 is 0 Å². The van der Waals surface area contributed by atoms with Gasteiger partial charge in [-0.25, -0.2) is 4.98 Å². The van der Waals surface area contributed by atoms with Crippen LogP contribution in [0, 0.1) is 0 Å². The van der Waals surface area contributed by atoms with Crippen LogP contribution in [0.15, 0.2) is 12.3 Å². The van der Waals surface area contributed by atoms with Crippen LogP contribution >= 0.6 is 0 Å². The summed E-state index contributed by atoms with van der Waals surface area (Å²) in [4.78, 5) is 4.05.